The van der Waals surface area contributed by atoms with Crippen LogP contribution in [0.25, 0.3) is 0 Å². The van der Waals surface area contributed by atoms with Gasteiger partial charge in [0.15, 0.2) is 5.78 Å². The number of benzene rings is 1. The van der Waals surface area contributed by atoms with E-state index in [1.54, 1.807) is 6.92 Å². The molecule has 0 amide bonds. The Labute approximate surface area is 97.3 Å². The molecule has 0 bridgehead atoms. The number of Topliss-reactive ketones (excluding diaryl/α,β-unsaturated/α-hetero) is 1. The molecule has 2 nitrogen and oxygen atoms in total. The van der Waals surface area contributed by atoms with E-state index in [-0.39, 0.29) is 5.78 Å². The summed E-state index contributed by atoms with van der Waals surface area (Å²) < 4.78 is 0. The largest absolute Gasteiger partial charge is 0.365 e. The molecule has 0 radical (unpaired) electrons. The van der Waals surface area contributed by atoms with Gasteiger partial charge in [-0.2, -0.15) is 0 Å². The van der Waals surface area contributed by atoms with Gasteiger partial charge in [0.25, 0.3) is 0 Å². The van der Waals surface area contributed by atoms with Crippen molar-refractivity contribution in [1.29, 1.82) is 0 Å². The third kappa shape index (κ3) is 1.62. The number of hydrogen-bond donors (Lipinski definition) is 0. The minimum absolute atomic E-state index is 0.164. The lowest BCUT2D eigenvalue weighted by molar-refractivity contribution is 0.101. The van der Waals surface area contributed by atoms with Gasteiger partial charge in [-0.15, -0.1) is 0 Å². The molecule has 2 rings (SSSR count). The molecular weight excluding hydrogens is 198 g/mol. The Balaban J connectivity index is 2.57. The van der Waals surface area contributed by atoms with Crippen LogP contribution in [-0.4, -0.2) is 17.9 Å². The van der Waals surface area contributed by atoms with E-state index >= 15 is 0 Å². The monoisotopic (exact) mass is 217 g/mol. The molecule has 1 heterocycles. The average Bonchev–Trinajstić information content (AvgIpc) is 2.52. The molecule has 86 valence electrons. The smallest absolute Gasteiger partial charge is 0.161 e. The van der Waals surface area contributed by atoms with E-state index in [9.17, 15) is 4.79 Å². The zero-order valence-electron chi connectivity index (χ0n) is 10.4. The quantitative estimate of drug-likeness (QED) is 0.710. The predicted octanol–water partition coefficient (Wildman–Crippen LogP) is 3.05. The maximum atomic E-state index is 11.7. The Morgan fingerprint density at radius 1 is 1.44 bits per heavy atom. The van der Waals surface area contributed by atoms with E-state index in [1.807, 2.05) is 12.1 Å². The van der Waals surface area contributed by atoms with Crippen LogP contribution >= 0.6 is 0 Å². The number of carbonyl (C=O) groups is 1. The van der Waals surface area contributed by atoms with Crippen LogP contribution in [0, 0.1) is 0 Å². The fraction of sp³-hybridized carbons (Fsp3) is 0.500. The van der Waals surface area contributed by atoms with Gasteiger partial charge in [0.2, 0.25) is 0 Å². The summed E-state index contributed by atoms with van der Waals surface area (Å²) in [4.78, 5) is 14.0. The Kier molecular flexibility index (Phi) is 2.75. The Hall–Kier alpha value is -1.31. The first kappa shape index (κ1) is 11.2. The number of ketones is 1. The molecule has 0 saturated carbocycles. The highest BCUT2D eigenvalue weighted by atomic mass is 16.1. The van der Waals surface area contributed by atoms with Gasteiger partial charge in [-0.3, -0.25) is 4.79 Å². The fourth-order valence-electron chi connectivity index (χ4n) is 2.75. The molecule has 0 N–H and O–H groups in total. The van der Waals surface area contributed by atoms with Gasteiger partial charge >= 0.3 is 0 Å². The highest BCUT2D eigenvalue weighted by molar-refractivity contribution is 6.01. The number of rotatable bonds is 2. The summed E-state index contributed by atoms with van der Waals surface area (Å²) in [6.45, 7) is 8.24. The zero-order chi connectivity index (χ0) is 11.9. The van der Waals surface area contributed by atoms with Crippen LogP contribution in [0.1, 0.15) is 43.6 Å². The molecular formula is C14H19NO. The lowest BCUT2D eigenvalue weighted by Gasteiger charge is -2.30. The first-order chi connectivity index (χ1) is 7.52. The molecule has 0 aromatic heterocycles. The van der Waals surface area contributed by atoms with Crippen molar-refractivity contribution in [3.63, 3.8) is 0 Å². The molecule has 0 aliphatic carbocycles. The Morgan fingerprint density at radius 2 is 2.12 bits per heavy atom. The first-order valence-corrected chi connectivity index (χ1v) is 5.93. The number of nitrogens with zero attached hydrogens (tertiary/aromatic N) is 1. The SMILES string of the molecule is CC(=O)c1cccc2c1N(C(C)C)C(C)C2. The van der Waals surface area contributed by atoms with E-state index in [4.69, 9.17) is 0 Å². The molecule has 0 spiro atoms. The van der Waals surface area contributed by atoms with Gasteiger partial charge < -0.3 is 4.90 Å². The van der Waals surface area contributed by atoms with Crippen LogP contribution in [0.2, 0.25) is 0 Å². The topological polar surface area (TPSA) is 20.3 Å². The second-order valence-corrected chi connectivity index (χ2v) is 4.92. The van der Waals surface area contributed by atoms with Crippen LogP contribution in [0.4, 0.5) is 5.69 Å². The highest BCUT2D eigenvalue weighted by Gasteiger charge is 2.30. The number of anilines is 1. The van der Waals surface area contributed by atoms with Crippen LogP contribution in [0.3, 0.4) is 0 Å². The number of para-hydroxylation sites is 1. The Morgan fingerprint density at radius 3 is 2.69 bits per heavy atom. The molecule has 1 aliphatic heterocycles. The summed E-state index contributed by atoms with van der Waals surface area (Å²) in [5.74, 6) is 0.164. The number of fused-ring (bicyclic) bond motifs is 1. The van der Waals surface area contributed by atoms with Gasteiger partial charge in [-0.25, -0.2) is 0 Å². The second-order valence-electron chi connectivity index (χ2n) is 4.92. The molecule has 1 aromatic rings. The van der Waals surface area contributed by atoms with Crippen molar-refractivity contribution >= 4 is 11.5 Å². The van der Waals surface area contributed by atoms with Crippen LogP contribution in [0.15, 0.2) is 18.2 Å². The summed E-state index contributed by atoms with van der Waals surface area (Å²) in [6.07, 6.45) is 1.05. The van der Waals surface area contributed by atoms with Crippen LogP contribution in [0.5, 0.6) is 0 Å². The van der Waals surface area contributed by atoms with Crippen LogP contribution < -0.4 is 4.90 Å². The third-order valence-corrected chi connectivity index (χ3v) is 3.30. The van der Waals surface area contributed by atoms with Crippen molar-refractivity contribution in [1.82, 2.24) is 0 Å². The van der Waals surface area contributed by atoms with Crippen molar-refractivity contribution in [2.75, 3.05) is 4.90 Å². The van der Waals surface area contributed by atoms with Crippen molar-refractivity contribution < 1.29 is 4.79 Å². The first-order valence-electron chi connectivity index (χ1n) is 5.93. The van der Waals surface area contributed by atoms with Crippen molar-refractivity contribution in [2.24, 2.45) is 0 Å². The fourth-order valence-corrected chi connectivity index (χ4v) is 2.75. The second kappa shape index (κ2) is 3.93. The van der Waals surface area contributed by atoms with E-state index < -0.39 is 0 Å². The lowest BCUT2D eigenvalue weighted by atomic mass is 10.0. The molecule has 0 fully saturated rings. The summed E-state index contributed by atoms with van der Waals surface area (Å²) in [5, 5.41) is 0. The predicted molar refractivity (Wildman–Crippen MR) is 67.2 cm³/mol. The van der Waals surface area contributed by atoms with Gasteiger partial charge in [-0.05, 0) is 45.7 Å². The minimum atomic E-state index is 0.164. The Bertz CT molecular complexity index is 423. The van der Waals surface area contributed by atoms with E-state index in [2.05, 4.69) is 31.7 Å². The zero-order valence-corrected chi connectivity index (χ0v) is 10.4. The van der Waals surface area contributed by atoms with Gasteiger partial charge in [-0.1, -0.05) is 12.1 Å². The van der Waals surface area contributed by atoms with Gasteiger partial charge in [0, 0.05) is 17.6 Å². The molecule has 1 aliphatic rings. The summed E-state index contributed by atoms with van der Waals surface area (Å²) >= 11 is 0. The van der Waals surface area contributed by atoms with Gasteiger partial charge in [0.05, 0.1) is 5.69 Å². The molecule has 1 unspecified atom stereocenters. The number of carbonyl (C=O) groups excluding carboxylic acids is 1. The number of hydrogen-bond acceptors (Lipinski definition) is 2. The lowest BCUT2D eigenvalue weighted by Crippen LogP contribution is -2.36. The summed E-state index contributed by atoms with van der Waals surface area (Å²) in [6, 6.07) is 7.01. The molecule has 1 atom stereocenters. The molecule has 2 heteroatoms. The minimum Gasteiger partial charge on any atom is -0.365 e. The molecule has 0 saturated heterocycles. The average molecular weight is 217 g/mol. The van der Waals surface area contributed by atoms with Crippen LogP contribution in [-0.2, 0) is 6.42 Å². The normalized spacial score (nSPS) is 19.1. The van der Waals surface area contributed by atoms with E-state index in [0.29, 0.717) is 12.1 Å². The van der Waals surface area contributed by atoms with Crippen molar-refractivity contribution in [3.8, 4) is 0 Å². The molecule has 16 heavy (non-hydrogen) atoms. The third-order valence-electron chi connectivity index (χ3n) is 3.30. The highest BCUT2D eigenvalue weighted by Crippen LogP contribution is 2.36. The molecule has 1 aromatic carbocycles. The maximum Gasteiger partial charge on any atom is 0.161 e. The van der Waals surface area contributed by atoms with Gasteiger partial charge in [0.1, 0.15) is 0 Å². The van der Waals surface area contributed by atoms with Crippen molar-refractivity contribution in [2.45, 2.75) is 46.2 Å². The van der Waals surface area contributed by atoms with E-state index in [1.165, 1.54) is 5.56 Å². The summed E-state index contributed by atoms with van der Waals surface area (Å²) in [7, 11) is 0. The summed E-state index contributed by atoms with van der Waals surface area (Å²) in [5.41, 5.74) is 3.35. The standard InChI is InChI=1S/C14H19NO/c1-9(2)15-10(3)8-12-6-5-7-13(11(4)16)14(12)15/h5-7,9-10H,8H2,1-4H3. The maximum absolute atomic E-state index is 11.7. The van der Waals surface area contributed by atoms with Crippen molar-refractivity contribution in [3.05, 3.63) is 29.3 Å². The van der Waals surface area contributed by atoms with E-state index in [0.717, 1.165) is 17.7 Å².